The molecule has 2 heteroatoms. The molecule has 0 unspecified atom stereocenters. The molecular weight excluding hydrogens is 809 g/mol. The maximum Gasteiger partial charge on any atom is 0.0497 e. The monoisotopic (exact) mass is 854 g/mol. The van der Waals surface area contributed by atoms with Gasteiger partial charge in [-0.2, -0.15) is 0 Å². The molecule has 3 aliphatic rings. The van der Waals surface area contributed by atoms with Gasteiger partial charge < -0.3 is 9.80 Å². The van der Waals surface area contributed by atoms with E-state index in [0.29, 0.717) is 0 Å². The van der Waals surface area contributed by atoms with Crippen molar-refractivity contribution in [3.63, 3.8) is 0 Å². The van der Waals surface area contributed by atoms with E-state index < -0.39 is 0 Å². The van der Waals surface area contributed by atoms with Crippen LogP contribution in [0.15, 0.2) is 218 Å². The van der Waals surface area contributed by atoms with Gasteiger partial charge >= 0.3 is 0 Å². The normalized spacial score (nSPS) is 14.1. The zero-order chi connectivity index (χ0) is 44.4. The smallest absolute Gasteiger partial charge is 0.0497 e. The number of nitrogens with zero attached hydrogens (tertiary/aromatic N) is 2. The molecular formula is C65H46N2. The lowest BCUT2D eigenvalue weighted by Gasteiger charge is -2.34. The fourth-order valence-corrected chi connectivity index (χ4v) is 12.2. The Hall–Kier alpha value is -8.20. The number of anilines is 6. The molecule has 2 nitrogen and oxygen atoms in total. The minimum atomic E-state index is -0.148. The van der Waals surface area contributed by atoms with Crippen LogP contribution in [-0.4, -0.2) is 0 Å². The van der Waals surface area contributed by atoms with Crippen LogP contribution in [0.25, 0.3) is 65.7 Å². The summed E-state index contributed by atoms with van der Waals surface area (Å²) < 4.78 is 0. The van der Waals surface area contributed by atoms with E-state index in [1.165, 1.54) is 122 Å². The van der Waals surface area contributed by atoms with Gasteiger partial charge in [-0.1, -0.05) is 184 Å². The first-order valence-electron chi connectivity index (χ1n) is 23.7. The Morgan fingerprint density at radius 3 is 1.31 bits per heavy atom. The van der Waals surface area contributed by atoms with E-state index in [9.17, 15) is 0 Å². The minimum Gasteiger partial charge on any atom is -0.310 e. The van der Waals surface area contributed by atoms with Crippen molar-refractivity contribution < 1.29 is 0 Å². The first-order valence-corrected chi connectivity index (χ1v) is 23.7. The van der Waals surface area contributed by atoms with Crippen LogP contribution in [0.4, 0.5) is 34.1 Å². The van der Waals surface area contributed by atoms with E-state index in [2.05, 4.69) is 242 Å². The number of hydrogen-bond acceptors (Lipinski definition) is 2. The second-order valence-electron chi connectivity index (χ2n) is 19.2. The van der Waals surface area contributed by atoms with E-state index in [4.69, 9.17) is 0 Å². The van der Waals surface area contributed by atoms with E-state index in [1.807, 2.05) is 0 Å². The number of para-hydroxylation sites is 4. The molecule has 0 atom stereocenters. The molecule has 0 aromatic heterocycles. The van der Waals surface area contributed by atoms with Gasteiger partial charge in [0.2, 0.25) is 0 Å². The van der Waals surface area contributed by atoms with Crippen LogP contribution in [0.2, 0.25) is 0 Å². The van der Waals surface area contributed by atoms with Crippen molar-refractivity contribution in [2.75, 3.05) is 9.80 Å². The maximum absolute atomic E-state index is 2.51. The molecule has 67 heavy (non-hydrogen) atoms. The summed E-state index contributed by atoms with van der Waals surface area (Å²) in [5.41, 5.74) is 22.9. The summed E-state index contributed by atoms with van der Waals surface area (Å²) in [7, 11) is 0. The zero-order valence-electron chi connectivity index (χ0n) is 37.6. The summed E-state index contributed by atoms with van der Waals surface area (Å²) in [5, 5.41) is 7.44. The third-order valence-electron chi connectivity index (χ3n) is 15.2. The highest BCUT2D eigenvalue weighted by Crippen LogP contribution is 2.56. The molecule has 11 aromatic rings. The largest absolute Gasteiger partial charge is 0.310 e. The molecule has 11 aromatic carbocycles. The van der Waals surface area contributed by atoms with Gasteiger partial charge in [-0.3, -0.25) is 0 Å². The predicted molar refractivity (Wildman–Crippen MR) is 282 cm³/mol. The van der Waals surface area contributed by atoms with Crippen molar-refractivity contribution in [2.24, 2.45) is 0 Å². The van der Waals surface area contributed by atoms with Crippen LogP contribution in [0, 0.1) is 0 Å². The fourth-order valence-electron chi connectivity index (χ4n) is 12.2. The van der Waals surface area contributed by atoms with Crippen molar-refractivity contribution in [3.8, 4) is 33.4 Å². The molecule has 0 spiro atoms. The molecule has 0 radical (unpaired) electrons. The summed E-state index contributed by atoms with van der Waals surface area (Å²) in [5.74, 6) is 0. The zero-order valence-corrected chi connectivity index (χ0v) is 37.6. The summed E-state index contributed by atoms with van der Waals surface area (Å²) >= 11 is 0. The van der Waals surface area contributed by atoms with E-state index >= 15 is 0 Å². The predicted octanol–water partition coefficient (Wildman–Crippen LogP) is 17.5. The van der Waals surface area contributed by atoms with Crippen LogP contribution < -0.4 is 9.80 Å². The van der Waals surface area contributed by atoms with Gasteiger partial charge in [0, 0.05) is 52.4 Å². The Morgan fingerprint density at radius 2 is 0.731 bits per heavy atom. The van der Waals surface area contributed by atoms with Crippen LogP contribution in [0.5, 0.6) is 0 Å². The van der Waals surface area contributed by atoms with Crippen molar-refractivity contribution in [1.82, 2.24) is 0 Å². The standard InChI is InChI=1S/C65H46N2/c1-65(2)56-27-10-9-24-52(56)64-53(26-16-28-57(64)65)63-51-36-34-46(66-58-29-11-4-18-42(58)37-43-19-5-12-30-59(43)66)39-54(51)62(49-25-15-22-41-17-3-8-23-48(41)49)50-35-33-47(40-55(50)63)67-60-31-13-6-20-44(60)38-45-21-7-14-32-61(45)67/h3-36,39-40H,37-38H2,1-2H3. The Morgan fingerprint density at radius 1 is 0.313 bits per heavy atom. The quantitative estimate of drug-likeness (QED) is 0.163. The lowest BCUT2D eigenvalue weighted by atomic mass is 9.80. The Balaban J connectivity index is 1.14. The van der Waals surface area contributed by atoms with Crippen LogP contribution in [0.1, 0.15) is 47.2 Å². The molecule has 2 aliphatic heterocycles. The molecule has 0 N–H and O–H groups in total. The van der Waals surface area contributed by atoms with Crippen molar-refractivity contribution in [1.29, 1.82) is 0 Å². The van der Waals surface area contributed by atoms with Crippen LogP contribution in [0.3, 0.4) is 0 Å². The van der Waals surface area contributed by atoms with Crippen molar-refractivity contribution >= 4 is 66.4 Å². The highest BCUT2D eigenvalue weighted by atomic mass is 15.2. The van der Waals surface area contributed by atoms with Gasteiger partial charge in [-0.25, -0.2) is 0 Å². The number of hydrogen-bond donors (Lipinski definition) is 0. The average Bonchev–Trinajstić information content (AvgIpc) is 3.61. The lowest BCUT2D eigenvalue weighted by Crippen LogP contribution is -2.18. The topological polar surface area (TPSA) is 6.48 Å². The van der Waals surface area contributed by atoms with Gasteiger partial charge in [0.05, 0.1) is 0 Å². The Kier molecular flexibility index (Phi) is 8.19. The molecule has 316 valence electrons. The molecule has 2 heterocycles. The van der Waals surface area contributed by atoms with Crippen LogP contribution in [-0.2, 0) is 18.3 Å². The molecule has 0 amide bonds. The number of fused-ring (bicyclic) bond motifs is 10. The summed E-state index contributed by atoms with van der Waals surface area (Å²) in [6.07, 6.45) is 1.83. The minimum absolute atomic E-state index is 0.148. The first-order chi connectivity index (χ1) is 33.0. The lowest BCUT2D eigenvalue weighted by molar-refractivity contribution is 0.660. The molecule has 0 fully saturated rings. The third kappa shape index (κ3) is 5.57. The van der Waals surface area contributed by atoms with Crippen molar-refractivity contribution in [2.45, 2.75) is 32.1 Å². The van der Waals surface area contributed by atoms with E-state index in [1.54, 1.807) is 0 Å². The maximum atomic E-state index is 2.51. The van der Waals surface area contributed by atoms with Gasteiger partial charge in [0.15, 0.2) is 0 Å². The Labute approximate surface area is 391 Å². The molecule has 1 aliphatic carbocycles. The van der Waals surface area contributed by atoms with E-state index in [-0.39, 0.29) is 5.41 Å². The molecule has 14 rings (SSSR count). The molecule has 0 bridgehead atoms. The fraction of sp³-hybridized carbons (Fsp3) is 0.0769. The highest BCUT2D eigenvalue weighted by molar-refractivity contribution is 6.26. The summed E-state index contributed by atoms with van der Waals surface area (Å²) in [6.45, 7) is 4.79. The van der Waals surface area contributed by atoms with Gasteiger partial charge in [0.1, 0.15) is 0 Å². The third-order valence-corrected chi connectivity index (χ3v) is 15.2. The molecule has 0 saturated heterocycles. The second-order valence-corrected chi connectivity index (χ2v) is 19.2. The average molecular weight is 855 g/mol. The highest BCUT2D eigenvalue weighted by Gasteiger charge is 2.37. The van der Waals surface area contributed by atoms with Crippen molar-refractivity contribution in [3.05, 3.63) is 252 Å². The summed E-state index contributed by atoms with van der Waals surface area (Å²) in [6, 6.07) is 82.3. The van der Waals surface area contributed by atoms with E-state index in [0.717, 1.165) is 24.2 Å². The first kappa shape index (κ1) is 38.1. The van der Waals surface area contributed by atoms with Gasteiger partial charge in [-0.15, -0.1) is 0 Å². The number of benzene rings is 11. The summed E-state index contributed by atoms with van der Waals surface area (Å²) in [4.78, 5) is 5.00. The second kappa shape index (κ2) is 14.4. The van der Waals surface area contributed by atoms with Gasteiger partial charge in [-0.05, 0) is 148 Å². The number of rotatable bonds is 4. The molecule has 0 saturated carbocycles. The SMILES string of the molecule is CC1(C)c2ccccc2-c2c(-c3c4cc(N5c6ccccc6Cc6ccccc65)ccc4c(-c4cccc5ccccc45)c4cc(N5c6ccccc6Cc6ccccc65)ccc34)cccc21. The van der Waals surface area contributed by atoms with Gasteiger partial charge in [0.25, 0.3) is 0 Å². The van der Waals surface area contributed by atoms with Crippen LogP contribution >= 0.6 is 0 Å². The Bertz CT molecular complexity index is 3780.